The van der Waals surface area contributed by atoms with Crippen LogP contribution >= 0.6 is 27.7 Å². The quantitative estimate of drug-likeness (QED) is 0.541. The number of rotatable bonds is 10. The molecule has 2 aromatic carbocycles. The first-order valence-electron chi connectivity index (χ1n) is 9.82. The number of benzene rings is 2. The van der Waals surface area contributed by atoms with Crippen LogP contribution in [0.15, 0.2) is 59.1 Å². The fourth-order valence-electron chi connectivity index (χ4n) is 2.89. The summed E-state index contributed by atoms with van der Waals surface area (Å²) >= 11 is 5.01. The minimum absolute atomic E-state index is 0.00514. The first-order valence-corrected chi connectivity index (χ1v) is 11.8. The summed E-state index contributed by atoms with van der Waals surface area (Å²) in [4.78, 5) is 27.2. The van der Waals surface area contributed by atoms with E-state index in [0.717, 1.165) is 22.2 Å². The average molecular weight is 477 g/mol. The molecule has 0 radical (unpaired) electrons. The Hall–Kier alpha value is -1.79. The molecule has 0 heterocycles. The third-order valence-electron chi connectivity index (χ3n) is 4.49. The van der Waals surface area contributed by atoms with Crippen molar-refractivity contribution in [3.63, 3.8) is 0 Å². The average Bonchev–Trinajstić information content (AvgIpc) is 2.69. The van der Waals surface area contributed by atoms with Crippen molar-refractivity contribution in [3.05, 3.63) is 70.2 Å². The fraction of sp³-hybridized carbons (Fsp3) is 0.391. The Morgan fingerprint density at radius 2 is 1.66 bits per heavy atom. The number of hydrogen-bond donors (Lipinski definition) is 1. The first kappa shape index (κ1) is 23.5. The molecule has 0 spiro atoms. The molecule has 0 aliphatic heterocycles. The van der Waals surface area contributed by atoms with E-state index in [9.17, 15) is 9.59 Å². The normalized spacial score (nSPS) is 11.9. The highest BCUT2D eigenvalue weighted by Gasteiger charge is 2.25. The molecule has 1 N–H and O–H groups in total. The van der Waals surface area contributed by atoms with Crippen molar-refractivity contribution in [1.29, 1.82) is 0 Å². The van der Waals surface area contributed by atoms with E-state index in [0.29, 0.717) is 12.3 Å². The van der Waals surface area contributed by atoms with Gasteiger partial charge in [0.2, 0.25) is 11.8 Å². The van der Waals surface area contributed by atoms with Crippen LogP contribution < -0.4 is 5.32 Å². The van der Waals surface area contributed by atoms with Crippen LogP contribution in [0.5, 0.6) is 0 Å². The lowest BCUT2D eigenvalue weighted by atomic mass is 10.1. The van der Waals surface area contributed by atoms with Crippen molar-refractivity contribution >= 4 is 39.5 Å². The number of carbonyl (C=O) groups is 2. The van der Waals surface area contributed by atoms with E-state index in [-0.39, 0.29) is 17.9 Å². The van der Waals surface area contributed by atoms with E-state index in [2.05, 4.69) is 21.2 Å². The standard InChI is InChI=1S/C23H29BrN2O2S/c1-17(2)25-23(28)18(3)26(14-13-19-7-5-4-6-8-19)22(27)16-29-15-20-9-11-21(24)12-10-20/h4-12,17-18H,13-16H2,1-3H3,(H,25,28)/t18-/m1/s1. The topological polar surface area (TPSA) is 49.4 Å². The second-order valence-electron chi connectivity index (χ2n) is 7.28. The van der Waals surface area contributed by atoms with Gasteiger partial charge in [-0.25, -0.2) is 0 Å². The number of nitrogens with zero attached hydrogens (tertiary/aromatic N) is 1. The summed E-state index contributed by atoms with van der Waals surface area (Å²) < 4.78 is 1.04. The molecule has 4 nitrogen and oxygen atoms in total. The molecule has 0 unspecified atom stereocenters. The summed E-state index contributed by atoms with van der Waals surface area (Å²) in [7, 11) is 0. The molecule has 0 fully saturated rings. The Morgan fingerprint density at radius 3 is 2.28 bits per heavy atom. The van der Waals surface area contributed by atoms with Crippen molar-refractivity contribution in [3.8, 4) is 0 Å². The molecular weight excluding hydrogens is 448 g/mol. The zero-order chi connectivity index (χ0) is 21.2. The molecule has 0 aliphatic rings. The summed E-state index contributed by atoms with van der Waals surface area (Å²) in [5.74, 6) is 0.996. The molecule has 0 bridgehead atoms. The van der Waals surface area contributed by atoms with E-state index in [1.165, 1.54) is 5.56 Å². The Morgan fingerprint density at radius 1 is 1.00 bits per heavy atom. The van der Waals surface area contributed by atoms with Crippen molar-refractivity contribution in [2.24, 2.45) is 0 Å². The van der Waals surface area contributed by atoms with E-state index in [1.54, 1.807) is 23.6 Å². The van der Waals surface area contributed by atoms with Crippen LogP contribution in [0, 0.1) is 0 Å². The lowest BCUT2D eigenvalue weighted by Crippen LogP contribution is -2.50. The van der Waals surface area contributed by atoms with Gasteiger partial charge >= 0.3 is 0 Å². The van der Waals surface area contributed by atoms with Crippen molar-refractivity contribution in [2.75, 3.05) is 12.3 Å². The van der Waals surface area contributed by atoms with Crippen molar-refractivity contribution in [1.82, 2.24) is 10.2 Å². The van der Waals surface area contributed by atoms with Gasteiger partial charge in [0.1, 0.15) is 6.04 Å². The van der Waals surface area contributed by atoms with Gasteiger partial charge in [-0.2, -0.15) is 0 Å². The molecule has 0 saturated heterocycles. The third kappa shape index (κ3) is 8.23. The Bertz CT molecular complexity index is 781. The largest absolute Gasteiger partial charge is 0.352 e. The number of thioether (sulfide) groups is 1. The summed E-state index contributed by atoms with van der Waals surface area (Å²) in [6.45, 7) is 6.18. The minimum atomic E-state index is -0.498. The van der Waals surface area contributed by atoms with Gasteiger partial charge in [0, 0.05) is 22.8 Å². The molecule has 2 rings (SSSR count). The SMILES string of the molecule is CC(C)NC(=O)[C@@H](C)N(CCc1ccccc1)C(=O)CSCc1ccc(Br)cc1. The van der Waals surface area contributed by atoms with E-state index in [4.69, 9.17) is 0 Å². The first-order chi connectivity index (χ1) is 13.9. The van der Waals surface area contributed by atoms with Crippen LogP contribution in [0.4, 0.5) is 0 Å². The van der Waals surface area contributed by atoms with Gasteiger partial charge in [0.25, 0.3) is 0 Å². The van der Waals surface area contributed by atoms with Gasteiger partial charge in [0.15, 0.2) is 0 Å². The van der Waals surface area contributed by atoms with Crippen LogP contribution in [0.1, 0.15) is 31.9 Å². The Kier molecular flexibility index (Phi) is 9.74. The smallest absolute Gasteiger partial charge is 0.242 e. The molecule has 6 heteroatoms. The summed E-state index contributed by atoms with van der Waals surface area (Å²) in [6, 6.07) is 17.7. The van der Waals surface area contributed by atoms with Gasteiger partial charge in [-0.05, 0) is 50.5 Å². The van der Waals surface area contributed by atoms with Crippen LogP contribution in [0.2, 0.25) is 0 Å². The summed E-state index contributed by atoms with van der Waals surface area (Å²) in [5.41, 5.74) is 2.33. The highest BCUT2D eigenvalue weighted by molar-refractivity contribution is 9.10. The van der Waals surface area contributed by atoms with E-state index < -0.39 is 6.04 Å². The van der Waals surface area contributed by atoms with Gasteiger partial charge in [-0.1, -0.05) is 58.4 Å². The maximum Gasteiger partial charge on any atom is 0.242 e. The minimum Gasteiger partial charge on any atom is -0.352 e. The molecule has 2 amide bonds. The molecular formula is C23H29BrN2O2S. The zero-order valence-corrected chi connectivity index (χ0v) is 19.6. The molecule has 156 valence electrons. The van der Waals surface area contributed by atoms with Crippen LogP contribution in [-0.2, 0) is 21.8 Å². The number of nitrogens with one attached hydrogen (secondary N) is 1. The van der Waals surface area contributed by atoms with Crippen molar-refractivity contribution in [2.45, 2.75) is 45.0 Å². The molecule has 2 aromatic rings. The van der Waals surface area contributed by atoms with Crippen molar-refractivity contribution < 1.29 is 9.59 Å². The van der Waals surface area contributed by atoms with Gasteiger partial charge < -0.3 is 10.2 Å². The maximum absolute atomic E-state index is 13.0. The van der Waals surface area contributed by atoms with Crippen LogP contribution in [-0.4, -0.2) is 41.1 Å². The van der Waals surface area contributed by atoms with Crippen LogP contribution in [0.25, 0.3) is 0 Å². The lowest BCUT2D eigenvalue weighted by molar-refractivity contribution is -0.138. The maximum atomic E-state index is 13.0. The Labute approximate surface area is 186 Å². The van der Waals surface area contributed by atoms with Crippen LogP contribution in [0.3, 0.4) is 0 Å². The molecule has 29 heavy (non-hydrogen) atoms. The fourth-order valence-corrected chi connectivity index (χ4v) is 4.03. The Balaban J connectivity index is 1.98. The zero-order valence-electron chi connectivity index (χ0n) is 17.2. The second kappa shape index (κ2) is 12.0. The monoisotopic (exact) mass is 476 g/mol. The second-order valence-corrected chi connectivity index (χ2v) is 9.18. The number of hydrogen-bond acceptors (Lipinski definition) is 3. The van der Waals surface area contributed by atoms with Gasteiger partial charge in [0.05, 0.1) is 5.75 Å². The van der Waals surface area contributed by atoms with E-state index >= 15 is 0 Å². The van der Waals surface area contributed by atoms with Gasteiger partial charge in [-0.3, -0.25) is 9.59 Å². The molecule has 0 aliphatic carbocycles. The number of carbonyl (C=O) groups excluding carboxylic acids is 2. The highest BCUT2D eigenvalue weighted by Crippen LogP contribution is 2.17. The molecule has 0 saturated carbocycles. The van der Waals surface area contributed by atoms with E-state index in [1.807, 2.05) is 68.4 Å². The van der Waals surface area contributed by atoms with Gasteiger partial charge in [-0.15, -0.1) is 11.8 Å². The molecule has 0 aromatic heterocycles. The predicted molar refractivity (Wildman–Crippen MR) is 125 cm³/mol. The summed E-state index contributed by atoms with van der Waals surface area (Å²) in [6.07, 6.45) is 0.725. The number of amides is 2. The third-order valence-corrected chi connectivity index (χ3v) is 6.01. The lowest BCUT2D eigenvalue weighted by Gasteiger charge is -2.29. The predicted octanol–water partition coefficient (Wildman–Crippen LogP) is 4.67. The number of halogens is 1. The highest BCUT2D eigenvalue weighted by atomic mass is 79.9. The molecule has 1 atom stereocenters. The summed E-state index contributed by atoms with van der Waals surface area (Å²) in [5, 5.41) is 2.92.